The van der Waals surface area contributed by atoms with Crippen LogP contribution in [-0.2, 0) is 16.0 Å². The number of carbonyl (C=O) groups excluding carboxylic acids is 1. The zero-order valence-corrected chi connectivity index (χ0v) is 12.2. The van der Waals surface area contributed by atoms with Crippen molar-refractivity contribution in [2.45, 2.75) is 52.1 Å². The third-order valence-electron chi connectivity index (χ3n) is 3.06. The molecule has 106 valence electrons. The summed E-state index contributed by atoms with van der Waals surface area (Å²) < 4.78 is 4.94. The molecule has 0 bridgehead atoms. The first-order chi connectivity index (χ1) is 9.11. The van der Waals surface area contributed by atoms with Gasteiger partial charge in [-0.05, 0) is 39.2 Å². The second-order valence-corrected chi connectivity index (χ2v) is 5.00. The molecule has 0 aromatic heterocycles. The van der Waals surface area contributed by atoms with Crippen molar-refractivity contribution in [1.29, 1.82) is 0 Å². The van der Waals surface area contributed by atoms with Gasteiger partial charge in [0.1, 0.15) is 0 Å². The van der Waals surface area contributed by atoms with E-state index >= 15 is 0 Å². The Balaban J connectivity index is 2.23. The predicted molar refractivity (Wildman–Crippen MR) is 78.1 cm³/mol. The fraction of sp³-hybridized carbons (Fsp3) is 0.562. The fourth-order valence-corrected chi connectivity index (χ4v) is 2.13. The molecule has 19 heavy (non-hydrogen) atoms. The van der Waals surface area contributed by atoms with Crippen LogP contribution in [-0.4, -0.2) is 24.7 Å². The Hall–Kier alpha value is -1.35. The minimum absolute atomic E-state index is 0.127. The predicted octanol–water partition coefficient (Wildman–Crippen LogP) is 2.94. The summed E-state index contributed by atoms with van der Waals surface area (Å²) >= 11 is 0. The highest BCUT2D eigenvalue weighted by molar-refractivity contribution is 5.70. The number of ether oxygens (including phenoxy) is 1. The van der Waals surface area contributed by atoms with E-state index < -0.39 is 0 Å². The number of hydrogen-bond acceptors (Lipinski definition) is 3. The normalized spacial score (nSPS) is 13.8. The van der Waals surface area contributed by atoms with E-state index in [1.54, 1.807) is 0 Å². The molecular formula is C16H25NO2. The molecule has 0 spiro atoms. The molecule has 3 heteroatoms. The molecule has 0 radical (unpaired) electrons. The molecule has 0 fully saturated rings. The largest absolute Gasteiger partial charge is 0.466 e. The maximum absolute atomic E-state index is 11.4. The lowest BCUT2D eigenvalue weighted by Gasteiger charge is -2.19. The highest BCUT2D eigenvalue weighted by Crippen LogP contribution is 2.06. The Morgan fingerprint density at radius 2 is 1.89 bits per heavy atom. The van der Waals surface area contributed by atoms with Crippen LogP contribution in [0.15, 0.2) is 30.3 Å². The lowest BCUT2D eigenvalue weighted by atomic mass is 10.1. The Labute approximate surface area is 116 Å². The molecule has 0 saturated heterocycles. The van der Waals surface area contributed by atoms with Crippen LogP contribution in [0, 0.1) is 0 Å². The van der Waals surface area contributed by atoms with Crippen LogP contribution in [0.5, 0.6) is 0 Å². The molecule has 0 amide bonds. The summed E-state index contributed by atoms with van der Waals surface area (Å²) in [6, 6.07) is 11.0. The monoisotopic (exact) mass is 263 g/mol. The van der Waals surface area contributed by atoms with Crippen LogP contribution in [0.25, 0.3) is 0 Å². The van der Waals surface area contributed by atoms with Crippen LogP contribution in [0.1, 0.15) is 39.2 Å². The standard InChI is InChI=1S/C16H25NO2/c1-4-19-16(18)12-14(3)17-13(2)10-11-15-8-6-5-7-9-15/h5-9,13-14,17H,4,10-12H2,1-3H3. The minimum Gasteiger partial charge on any atom is -0.466 e. The molecule has 0 aliphatic heterocycles. The molecule has 1 aromatic carbocycles. The van der Waals surface area contributed by atoms with E-state index in [2.05, 4.69) is 36.5 Å². The maximum atomic E-state index is 11.4. The molecule has 0 saturated carbocycles. The summed E-state index contributed by atoms with van der Waals surface area (Å²) in [5.41, 5.74) is 1.36. The number of esters is 1. The Morgan fingerprint density at radius 1 is 1.21 bits per heavy atom. The van der Waals surface area contributed by atoms with Gasteiger partial charge in [-0.3, -0.25) is 4.79 Å². The van der Waals surface area contributed by atoms with Crippen molar-refractivity contribution >= 4 is 5.97 Å². The first-order valence-corrected chi connectivity index (χ1v) is 7.07. The second kappa shape index (κ2) is 8.70. The SMILES string of the molecule is CCOC(=O)CC(C)NC(C)CCc1ccccc1. The third-order valence-corrected chi connectivity index (χ3v) is 3.06. The lowest BCUT2D eigenvalue weighted by molar-refractivity contribution is -0.143. The number of hydrogen-bond donors (Lipinski definition) is 1. The number of nitrogens with one attached hydrogen (secondary N) is 1. The van der Waals surface area contributed by atoms with Gasteiger partial charge < -0.3 is 10.1 Å². The summed E-state index contributed by atoms with van der Waals surface area (Å²) in [7, 11) is 0. The van der Waals surface area contributed by atoms with Gasteiger partial charge in [0.25, 0.3) is 0 Å². The van der Waals surface area contributed by atoms with E-state index in [-0.39, 0.29) is 12.0 Å². The Morgan fingerprint density at radius 3 is 2.53 bits per heavy atom. The number of aryl methyl sites for hydroxylation is 1. The van der Waals surface area contributed by atoms with Crippen LogP contribution < -0.4 is 5.32 Å². The van der Waals surface area contributed by atoms with E-state index in [1.807, 2.05) is 19.9 Å². The van der Waals surface area contributed by atoms with Crippen molar-refractivity contribution < 1.29 is 9.53 Å². The van der Waals surface area contributed by atoms with Crippen molar-refractivity contribution in [1.82, 2.24) is 5.32 Å². The highest BCUT2D eigenvalue weighted by atomic mass is 16.5. The summed E-state index contributed by atoms with van der Waals surface area (Å²) in [6.07, 6.45) is 2.56. The number of rotatable bonds is 8. The minimum atomic E-state index is -0.127. The van der Waals surface area contributed by atoms with Gasteiger partial charge in [-0.2, -0.15) is 0 Å². The molecule has 2 atom stereocenters. The smallest absolute Gasteiger partial charge is 0.307 e. The van der Waals surface area contributed by atoms with Crippen molar-refractivity contribution in [3.8, 4) is 0 Å². The number of benzene rings is 1. The van der Waals surface area contributed by atoms with Crippen molar-refractivity contribution in [3.05, 3.63) is 35.9 Å². The van der Waals surface area contributed by atoms with Crippen LogP contribution in [0.2, 0.25) is 0 Å². The molecular weight excluding hydrogens is 238 g/mol. The van der Waals surface area contributed by atoms with Crippen LogP contribution in [0.3, 0.4) is 0 Å². The van der Waals surface area contributed by atoms with Gasteiger partial charge >= 0.3 is 5.97 Å². The van der Waals surface area contributed by atoms with Gasteiger partial charge in [0.2, 0.25) is 0 Å². The van der Waals surface area contributed by atoms with E-state index in [4.69, 9.17) is 4.74 Å². The molecule has 0 aliphatic carbocycles. The number of carbonyl (C=O) groups is 1. The average Bonchev–Trinajstić information content (AvgIpc) is 2.37. The summed E-state index contributed by atoms with van der Waals surface area (Å²) in [6.45, 7) is 6.47. The van der Waals surface area contributed by atoms with Gasteiger partial charge in [0, 0.05) is 12.1 Å². The first-order valence-electron chi connectivity index (χ1n) is 7.07. The molecule has 1 N–H and O–H groups in total. The quantitative estimate of drug-likeness (QED) is 0.733. The van der Waals surface area contributed by atoms with E-state index in [9.17, 15) is 4.79 Å². The zero-order chi connectivity index (χ0) is 14.1. The maximum Gasteiger partial charge on any atom is 0.307 e. The average molecular weight is 263 g/mol. The van der Waals surface area contributed by atoms with E-state index in [1.165, 1.54) is 5.56 Å². The molecule has 1 rings (SSSR count). The Bertz CT molecular complexity index is 364. The highest BCUT2D eigenvalue weighted by Gasteiger charge is 2.12. The third kappa shape index (κ3) is 6.97. The fourth-order valence-electron chi connectivity index (χ4n) is 2.13. The summed E-state index contributed by atoms with van der Waals surface area (Å²) in [5.74, 6) is -0.127. The van der Waals surface area contributed by atoms with Crippen molar-refractivity contribution in [3.63, 3.8) is 0 Å². The van der Waals surface area contributed by atoms with Crippen LogP contribution >= 0.6 is 0 Å². The van der Waals surface area contributed by atoms with E-state index in [0.717, 1.165) is 12.8 Å². The molecule has 0 aliphatic rings. The first kappa shape index (κ1) is 15.7. The Kier molecular flexibility index (Phi) is 7.19. The van der Waals surface area contributed by atoms with Gasteiger partial charge in [-0.25, -0.2) is 0 Å². The zero-order valence-electron chi connectivity index (χ0n) is 12.2. The van der Waals surface area contributed by atoms with Gasteiger partial charge in [0.05, 0.1) is 13.0 Å². The molecule has 3 nitrogen and oxygen atoms in total. The lowest BCUT2D eigenvalue weighted by Crippen LogP contribution is -2.36. The second-order valence-electron chi connectivity index (χ2n) is 5.00. The van der Waals surface area contributed by atoms with Crippen molar-refractivity contribution in [2.75, 3.05) is 6.61 Å². The molecule has 1 aromatic rings. The summed E-state index contributed by atoms with van der Waals surface area (Å²) in [5, 5.41) is 3.44. The van der Waals surface area contributed by atoms with E-state index in [0.29, 0.717) is 19.1 Å². The van der Waals surface area contributed by atoms with Gasteiger partial charge in [0.15, 0.2) is 0 Å². The molecule has 0 heterocycles. The summed E-state index contributed by atoms with van der Waals surface area (Å²) in [4.78, 5) is 11.4. The van der Waals surface area contributed by atoms with Gasteiger partial charge in [-0.1, -0.05) is 30.3 Å². The van der Waals surface area contributed by atoms with Crippen molar-refractivity contribution in [2.24, 2.45) is 0 Å². The molecule has 2 unspecified atom stereocenters. The van der Waals surface area contributed by atoms with Crippen LogP contribution in [0.4, 0.5) is 0 Å². The van der Waals surface area contributed by atoms with Gasteiger partial charge in [-0.15, -0.1) is 0 Å². The topological polar surface area (TPSA) is 38.3 Å².